The third kappa shape index (κ3) is 7.21. The summed E-state index contributed by atoms with van der Waals surface area (Å²) in [4.78, 5) is 33.3. The quantitative estimate of drug-likeness (QED) is 0.202. The molecule has 0 spiro atoms. The van der Waals surface area contributed by atoms with Crippen LogP contribution in [0.5, 0.6) is 0 Å². The molecule has 1 saturated carbocycles. The molecule has 4 N–H and O–H groups in total. The van der Waals surface area contributed by atoms with E-state index in [1.807, 2.05) is 30.3 Å². The van der Waals surface area contributed by atoms with Crippen LogP contribution in [0.2, 0.25) is 0 Å². The summed E-state index contributed by atoms with van der Waals surface area (Å²) in [5.74, 6) is 1.50. The Morgan fingerprint density at radius 3 is 2.46 bits per heavy atom. The molecule has 4 aromatic rings. The highest BCUT2D eigenvalue weighted by atomic mass is 32.2. The van der Waals surface area contributed by atoms with Gasteiger partial charge in [-0.2, -0.15) is 0 Å². The Kier molecular flexibility index (Phi) is 9.44. The summed E-state index contributed by atoms with van der Waals surface area (Å²) in [7, 11) is -0.448. The number of nitrogens with two attached hydrogens (primary N) is 1. The lowest BCUT2D eigenvalue weighted by Crippen LogP contribution is -2.40. The highest BCUT2D eigenvalue weighted by Crippen LogP contribution is 2.36. The Balaban J connectivity index is 1.33. The fraction of sp³-hybridized carbons (Fsp3) is 0.265. The van der Waals surface area contributed by atoms with Crippen LogP contribution in [0.15, 0.2) is 77.8 Å². The number of urea groups is 1. The number of nitrogen functional groups attached to an aromatic ring is 1. The summed E-state index contributed by atoms with van der Waals surface area (Å²) in [5.41, 5.74) is 8.08. The Morgan fingerprint density at radius 1 is 1.04 bits per heavy atom. The van der Waals surface area contributed by atoms with Crippen molar-refractivity contribution in [2.24, 2.45) is 0 Å². The minimum Gasteiger partial charge on any atom is -0.383 e. The van der Waals surface area contributed by atoms with Gasteiger partial charge in [-0.15, -0.1) is 6.42 Å². The zero-order valence-electron chi connectivity index (χ0n) is 25.5. The van der Waals surface area contributed by atoms with Gasteiger partial charge in [0.15, 0.2) is 15.9 Å². The van der Waals surface area contributed by atoms with Gasteiger partial charge < -0.3 is 26.2 Å². The highest BCUT2D eigenvalue weighted by molar-refractivity contribution is 7.92. The molecule has 0 aliphatic heterocycles. The maximum Gasteiger partial charge on any atom is 0.321 e. The van der Waals surface area contributed by atoms with Crippen LogP contribution in [-0.2, 0) is 27.6 Å². The number of hydrogen-bond acceptors (Lipinski definition) is 7. The van der Waals surface area contributed by atoms with E-state index >= 15 is 0 Å². The highest BCUT2D eigenvalue weighted by Gasteiger charge is 2.38. The SMILES string of the molecule is C#C[C@@H](Nc1ccc2c(N)ncc(F)c2c1)C(=O)N(C)Cc1cc(NC(=O)N(C)CCc2ccccc2)ccc1S(=O)(=O)C1CC1. The molecule has 5 rings (SSSR count). The summed E-state index contributed by atoms with van der Waals surface area (Å²) >= 11 is 0. The number of terminal acetylenes is 1. The summed E-state index contributed by atoms with van der Waals surface area (Å²) in [6.07, 6.45) is 8.55. The van der Waals surface area contributed by atoms with Crippen LogP contribution in [0.25, 0.3) is 10.8 Å². The first-order chi connectivity index (χ1) is 22.0. The predicted molar refractivity (Wildman–Crippen MR) is 177 cm³/mol. The normalized spacial score (nSPS) is 13.4. The number of halogens is 1. The molecule has 238 valence electrons. The number of anilines is 3. The molecule has 1 aromatic heterocycles. The van der Waals surface area contributed by atoms with Crippen LogP contribution in [0.4, 0.5) is 26.4 Å². The first-order valence-corrected chi connectivity index (χ1v) is 16.3. The third-order valence-electron chi connectivity index (χ3n) is 7.89. The van der Waals surface area contributed by atoms with Crippen molar-refractivity contribution in [3.63, 3.8) is 0 Å². The first kappa shape index (κ1) is 32.2. The van der Waals surface area contributed by atoms with Gasteiger partial charge in [0.25, 0.3) is 5.91 Å². The second-order valence-corrected chi connectivity index (χ2v) is 13.5. The molecular formula is C34H35FN6O4S. The largest absolute Gasteiger partial charge is 0.383 e. The molecule has 46 heavy (non-hydrogen) atoms. The van der Waals surface area contributed by atoms with Crippen LogP contribution >= 0.6 is 0 Å². The predicted octanol–water partition coefficient (Wildman–Crippen LogP) is 4.67. The van der Waals surface area contributed by atoms with Crippen molar-refractivity contribution in [1.82, 2.24) is 14.8 Å². The molecule has 3 aromatic carbocycles. The number of carbonyl (C=O) groups is 2. The van der Waals surface area contributed by atoms with E-state index in [4.69, 9.17) is 12.2 Å². The van der Waals surface area contributed by atoms with E-state index in [-0.39, 0.29) is 28.7 Å². The molecule has 12 heteroatoms. The summed E-state index contributed by atoms with van der Waals surface area (Å²) in [6, 6.07) is 17.6. The number of carbonyl (C=O) groups excluding carboxylic acids is 2. The Hall–Kier alpha value is -5.15. The zero-order chi connectivity index (χ0) is 33.0. The molecule has 1 aliphatic rings. The maximum atomic E-state index is 14.4. The number of sulfone groups is 1. The zero-order valence-corrected chi connectivity index (χ0v) is 26.4. The summed E-state index contributed by atoms with van der Waals surface area (Å²) in [6.45, 7) is 0.380. The van der Waals surface area contributed by atoms with Crippen molar-refractivity contribution in [3.05, 3.63) is 89.9 Å². The number of fused-ring (bicyclic) bond motifs is 1. The fourth-order valence-electron chi connectivity index (χ4n) is 5.09. The maximum absolute atomic E-state index is 14.4. The number of aromatic nitrogens is 1. The van der Waals surface area contributed by atoms with Crippen LogP contribution in [0, 0.1) is 18.2 Å². The van der Waals surface area contributed by atoms with E-state index < -0.39 is 32.9 Å². The van der Waals surface area contributed by atoms with Crippen molar-refractivity contribution < 1.29 is 22.4 Å². The van der Waals surface area contributed by atoms with Crippen molar-refractivity contribution in [3.8, 4) is 12.3 Å². The number of nitrogens with zero attached hydrogens (tertiary/aromatic N) is 3. The van der Waals surface area contributed by atoms with Gasteiger partial charge in [-0.1, -0.05) is 36.3 Å². The van der Waals surface area contributed by atoms with Crippen LogP contribution < -0.4 is 16.4 Å². The second-order valence-electron chi connectivity index (χ2n) is 11.3. The monoisotopic (exact) mass is 642 g/mol. The van der Waals surface area contributed by atoms with Gasteiger partial charge in [-0.05, 0) is 66.8 Å². The van der Waals surface area contributed by atoms with E-state index in [1.54, 1.807) is 36.2 Å². The second kappa shape index (κ2) is 13.5. The topological polar surface area (TPSA) is 138 Å². The molecule has 0 saturated heterocycles. The number of pyridine rings is 1. The van der Waals surface area contributed by atoms with E-state index in [2.05, 4.69) is 21.5 Å². The molecule has 1 atom stereocenters. The van der Waals surface area contributed by atoms with Gasteiger partial charge in [0, 0.05) is 49.3 Å². The number of benzene rings is 3. The number of nitrogens with one attached hydrogen (secondary N) is 2. The Labute approximate surface area is 267 Å². The molecule has 3 amide bonds. The van der Waals surface area contributed by atoms with Crippen LogP contribution in [-0.4, -0.2) is 67.1 Å². The number of likely N-dealkylation sites (N-methyl/N-ethyl adjacent to an activating group) is 2. The fourth-order valence-corrected chi connectivity index (χ4v) is 6.96. The average Bonchev–Trinajstić information content (AvgIpc) is 3.91. The van der Waals surface area contributed by atoms with Crippen molar-refractivity contribution in [2.45, 2.75) is 42.0 Å². The standard InChI is InChI=1S/C34H35FN6O4S/c1-4-30(38-25-10-14-27-28(19-25)29(35)20-37-32(27)36)33(42)41(3)21-23-18-24(11-15-31(23)46(44,45)26-12-13-26)39-34(43)40(2)17-16-22-8-6-5-7-9-22/h1,5-11,14-15,18-20,26,30,38H,12-13,16-17,21H2,2-3H3,(H2,36,37)(H,39,43)/t30-/m1/s1. The van der Waals surface area contributed by atoms with Gasteiger partial charge in [0.05, 0.1) is 16.3 Å². The lowest BCUT2D eigenvalue weighted by atomic mass is 10.1. The van der Waals surface area contributed by atoms with E-state index in [1.165, 1.54) is 24.1 Å². The lowest BCUT2D eigenvalue weighted by Gasteiger charge is -2.24. The molecule has 0 radical (unpaired) electrons. The van der Waals surface area contributed by atoms with Crippen molar-refractivity contribution >= 4 is 49.7 Å². The average molecular weight is 643 g/mol. The van der Waals surface area contributed by atoms with Gasteiger partial charge in [-0.25, -0.2) is 22.6 Å². The Bertz CT molecular complexity index is 1930. The molecule has 0 unspecified atom stereocenters. The smallest absolute Gasteiger partial charge is 0.321 e. The molecule has 1 heterocycles. The molecule has 10 nitrogen and oxygen atoms in total. The van der Waals surface area contributed by atoms with Gasteiger partial charge in [0.2, 0.25) is 0 Å². The minimum absolute atomic E-state index is 0.0952. The number of rotatable bonds is 11. The van der Waals surface area contributed by atoms with Gasteiger partial charge in [0.1, 0.15) is 11.6 Å². The van der Waals surface area contributed by atoms with Crippen molar-refractivity contribution in [2.75, 3.05) is 37.0 Å². The molecule has 1 fully saturated rings. The van der Waals surface area contributed by atoms with Crippen LogP contribution in [0.1, 0.15) is 24.0 Å². The van der Waals surface area contributed by atoms with Crippen LogP contribution in [0.3, 0.4) is 0 Å². The van der Waals surface area contributed by atoms with Crippen molar-refractivity contribution in [1.29, 1.82) is 0 Å². The minimum atomic E-state index is -3.64. The first-order valence-electron chi connectivity index (χ1n) is 14.7. The Morgan fingerprint density at radius 2 is 1.76 bits per heavy atom. The van der Waals surface area contributed by atoms with E-state index in [9.17, 15) is 22.4 Å². The third-order valence-corrected chi connectivity index (χ3v) is 10.2. The lowest BCUT2D eigenvalue weighted by molar-refractivity contribution is -0.130. The number of amides is 3. The molecule has 1 aliphatic carbocycles. The van der Waals surface area contributed by atoms with E-state index in [0.29, 0.717) is 48.1 Å². The van der Waals surface area contributed by atoms with E-state index in [0.717, 1.165) is 11.8 Å². The summed E-state index contributed by atoms with van der Waals surface area (Å²) < 4.78 is 41.1. The van der Waals surface area contributed by atoms with Gasteiger partial charge in [-0.3, -0.25) is 4.79 Å². The molecule has 0 bridgehead atoms. The molecular weight excluding hydrogens is 607 g/mol. The summed E-state index contributed by atoms with van der Waals surface area (Å²) in [5, 5.41) is 5.94. The number of hydrogen-bond donors (Lipinski definition) is 3. The van der Waals surface area contributed by atoms with Gasteiger partial charge >= 0.3 is 6.03 Å².